The fraction of sp³-hybridized carbons (Fsp3) is 0.417. The normalized spacial score (nSPS) is 26.5. The molecule has 3 rings (SSSR count). The van der Waals surface area contributed by atoms with Crippen LogP contribution in [0.5, 0.6) is 0 Å². The van der Waals surface area contributed by atoms with E-state index in [1.807, 2.05) is 6.92 Å². The maximum absolute atomic E-state index is 12.1. The number of amides is 1. The van der Waals surface area contributed by atoms with E-state index in [9.17, 15) is 4.79 Å². The van der Waals surface area contributed by atoms with Gasteiger partial charge in [0.05, 0.1) is 21.3 Å². The quantitative estimate of drug-likeness (QED) is 0.786. The fourth-order valence-electron chi connectivity index (χ4n) is 2.73. The standard InChI is InChI=1S/C12H12Cl2N2O/c1-12-3-2-4-16(12)10-6-9(14)8(13)5-7(10)11(17)15-12/h5-6H,2-4H2,1H3,(H,15,17). The Balaban J connectivity index is 2.21. The number of benzene rings is 1. The van der Waals surface area contributed by atoms with Crippen molar-refractivity contribution in [2.45, 2.75) is 25.4 Å². The molecule has 3 nitrogen and oxygen atoms in total. The van der Waals surface area contributed by atoms with Crippen molar-refractivity contribution >= 4 is 34.8 Å². The summed E-state index contributed by atoms with van der Waals surface area (Å²) in [5.74, 6) is -0.0702. The molecule has 0 saturated carbocycles. The number of rotatable bonds is 0. The van der Waals surface area contributed by atoms with Gasteiger partial charge in [-0.1, -0.05) is 23.2 Å². The topological polar surface area (TPSA) is 32.3 Å². The maximum atomic E-state index is 12.1. The van der Waals surface area contributed by atoms with Gasteiger partial charge in [0.15, 0.2) is 0 Å². The van der Waals surface area contributed by atoms with Gasteiger partial charge in [0, 0.05) is 6.54 Å². The molecule has 0 aromatic heterocycles. The number of halogens is 2. The molecule has 2 aliphatic rings. The van der Waals surface area contributed by atoms with E-state index in [-0.39, 0.29) is 11.6 Å². The molecule has 0 aliphatic carbocycles. The summed E-state index contributed by atoms with van der Waals surface area (Å²) in [6.07, 6.45) is 2.02. The Labute approximate surface area is 110 Å². The first-order valence-electron chi connectivity index (χ1n) is 5.60. The Morgan fingerprint density at radius 1 is 1.35 bits per heavy atom. The van der Waals surface area contributed by atoms with Gasteiger partial charge >= 0.3 is 0 Å². The number of fused-ring (bicyclic) bond motifs is 3. The first kappa shape index (κ1) is 11.2. The summed E-state index contributed by atoms with van der Waals surface area (Å²) in [7, 11) is 0. The monoisotopic (exact) mass is 270 g/mol. The molecular formula is C12H12Cl2N2O. The molecule has 1 aromatic rings. The number of carbonyl (C=O) groups is 1. The summed E-state index contributed by atoms with van der Waals surface area (Å²) in [6, 6.07) is 3.44. The minimum Gasteiger partial charge on any atom is -0.348 e. The first-order valence-corrected chi connectivity index (χ1v) is 6.36. The molecule has 2 aliphatic heterocycles. The third kappa shape index (κ3) is 1.53. The first-order chi connectivity index (χ1) is 8.01. The zero-order chi connectivity index (χ0) is 12.2. The minimum atomic E-state index is -0.277. The number of nitrogens with one attached hydrogen (secondary N) is 1. The summed E-state index contributed by atoms with van der Waals surface area (Å²) in [5.41, 5.74) is 1.23. The highest BCUT2D eigenvalue weighted by molar-refractivity contribution is 6.42. The molecule has 1 atom stereocenters. The van der Waals surface area contributed by atoms with Crippen LogP contribution in [0.4, 0.5) is 5.69 Å². The molecule has 1 N–H and O–H groups in total. The van der Waals surface area contributed by atoms with Gasteiger partial charge < -0.3 is 10.2 Å². The average Bonchev–Trinajstić information content (AvgIpc) is 2.63. The molecule has 90 valence electrons. The van der Waals surface area contributed by atoms with Crippen molar-refractivity contribution in [3.8, 4) is 0 Å². The second kappa shape index (κ2) is 3.53. The van der Waals surface area contributed by atoms with Crippen LogP contribution in [0.1, 0.15) is 30.1 Å². The van der Waals surface area contributed by atoms with Crippen molar-refractivity contribution in [2.24, 2.45) is 0 Å². The number of nitrogens with zero attached hydrogens (tertiary/aromatic N) is 1. The molecule has 0 bridgehead atoms. The Bertz CT molecular complexity index is 517. The molecule has 1 amide bonds. The Kier molecular flexibility index (Phi) is 2.32. The van der Waals surface area contributed by atoms with E-state index in [1.165, 1.54) is 0 Å². The van der Waals surface area contributed by atoms with Crippen LogP contribution in [0, 0.1) is 0 Å². The average molecular weight is 271 g/mol. The Morgan fingerprint density at radius 3 is 2.82 bits per heavy atom. The molecule has 17 heavy (non-hydrogen) atoms. The van der Waals surface area contributed by atoms with E-state index < -0.39 is 0 Å². The predicted molar refractivity (Wildman–Crippen MR) is 68.9 cm³/mol. The second-order valence-electron chi connectivity index (χ2n) is 4.77. The zero-order valence-electron chi connectivity index (χ0n) is 9.39. The van der Waals surface area contributed by atoms with Crippen molar-refractivity contribution in [1.82, 2.24) is 5.32 Å². The van der Waals surface area contributed by atoms with Gasteiger partial charge in [0.2, 0.25) is 0 Å². The lowest BCUT2D eigenvalue weighted by Crippen LogP contribution is -2.59. The number of hydrogen-bond donors (Lipinski definition) is 1. The zero-order valence-corrected chi connectivity index (χ0v) is 10.9. The molecular weight excluding hydrogens is 259 g/mol. The van der Waals surface area contributed by atoms with Gasteiger partial charge in [-0.3, -0.25) is 4.79 Å². The molecule has 5 heteroatoms. The highest BCUT2D eigenvalue weighted by Gasteiger charge is 2.43. The molecule has 1 fully saturated rings. The van der Waals surface area contributed by atoms with E-state index in [1.54, 1.807) is 12.1 Å². The molecule has 1 aromatic carbocycles. The van der Waals surface area contributed by atoms with Crippen molar-refractivity contribution in [3.05, 3.63) is 27.7 Å². The predicted octanol–water partition coefficient (Wildman–Crippen LogP) is 3.05. The van der Waals surface area contributed by atoms with Crippen molar-refractivity contribution in [1.29, 1.82) is 0 Å². The summed E-state index contributed by atoms with van der Waals surface area (Å²) in [6.45, 7) is 2.98. The lowest BCUT2D eigenvalue weighted by atomic mass is 10.0. The minimum absolute atomic E-state index is 0.0702. The smallest absolute Gasteiger partial charge is 0.255 e. The number of hydrogen-bond acceptors (Lipinski definition) is 2. The summed E-state index contributed by atoms with van der Waals surface area (Å²) >= 11 is 12.0. The van der Waals surface area contributed by atoms with Gasteiger partial charge in [-0.2, -0.15) is 0 Å². The van der Waals surface area contributed by atoms with Crippen LogP contribution in [0.15, 0.2) is 12.1 Å². The summed E-state index contributed by atoms with van der Waals surface area (Å²) < 4.78 is 0. The van der Waals surface area contributed by atoms with Crippen LogP contribution in [0.3, 0.4) is 0 Å². The van der Waals surface area contributed by atoms with E-state index >= 15 is 0 Å². The van der Waals surface area contributed by atoms with Crippen molar-refractivity contribution < 1.29 is 4.79 Å². The molecule has 1 unspecified atom stereocenters. The maximum Gasteiger partial charge on any atom is 0.255 e. The largest absolute Gasteiger partial charge is 0.348 e. The molecule has 2 heterocycles. The van der Waals surface area contributed by atoms with Gasteiger partial charge in [0.25, 0.3) is 5.91 Å². The highest BCUT2D eigenvalue weighted by atomic mass is 35.5. The van der Waals surface area contributed by atoms with Crippen LogP contribution in [0.25, 0.3) is 0 Å². The molecule has 0 radical (unpaired) electrons. The van der Waals surface area contributed by atoms with E-state index in [0.717, 1.165) is 25.1 Å². The molecule has 1 saturated heterocycles. The van der Waals surface area contributed by atoms with Crippen LogP contribution in [-0.4, -0.2) is 18.1 Å². The van der Waals surface area contributed by atoms with Crippen LogP contribution in [0.2, 0.25) is 10.0 Å². The third-order valence-electron chi connectivity index (χ3n) is 3.60. The highest BCUT2D eigenvalue weighted by Crippen LogP contribution is 2.41. The van der Waals surface area contributed by atoms with Gasteiger partial charge in [-0.05, 0) is 31.9 Å². The lowest BCUT2D eigenvalue weighted by Gasteiger charge is -2.42. The second-order valence-corrected chi connectivity index (χ2v) is 5.58. The van der Waals surface area contributed by atoms with E-state index in [2.05, 4.69) is 10.2 Å². The lowest BCUT2D eigenvalue weighted by molar-refractivity contribution is 0.0897. The van der Waals surface area contributed by atoms with Crippen molar-refractivity contribution in [3.63, 3.8) is 0 Å². The molecule has 0 spiro atoms. The Hall–Kier alpha value is -0.930. The Morgan fingerprint density at radius 2 is 2.06 bits per heavy atom. The fourth-order valence-corrected chi connectivity index (χ4v) is 3.05. The SMILES string of the molecule is CC12CCCN1c1cc(Cl)c(Cl)cc1C(=O)N2. The van der Waals surface area contributed by atoms with E-state index in [0.29, 0.717) is 15.6 Å². The van der Waals surface area contributed by atoms with Crippen LogP contribution < -0.4 is 10.2 Å². The van der Waals surface area contributed by atoms with E-state index in [4.69, 9.17) is 23.2 Å². The number of anilines is 1. The third-order valence-corrected chi connectivity index (χ3v) is 4.32. The van der Waals surface area contributed by atoms with Crippen LogP contribution in [-0.2, 0) is 0 Å². The van der Waals surface area contributed by atoms with Crippen LogP contribution >= 0.6 is 23.2 Å². The summed E-state index contributed by atoms with van der Waals surface area (Å²) in [4.78, 5) is 14.3. The van der Waals surface area contributed by atoms with Gasteiger partial charge in [0.1, 0.15) is 5.66 Å². The van der Waals surface area contributed by atoms with Gasteiger partial charge in [-0.25, -0.2) is 0 Å². The number of carbonyl (C=O) groups excluding carboxylic acids is 1. The summed E-state index contributed by atoms with van der Waals surface area (Å²) in [5, 5.41) is 3.96. The van der Waals surface area contributed by atoms with Crippen molar-refractivity contribution in [2.75, 3.05) is 11.4 Å². The van der Waals surface area contributed by atoms with Gasteiger partial charge in [-0.15, -0.1) is 0 Å².